The van der Waals surface area contributed by atoms with E-state index in [-0.39, 0.29) is 5.91 Å². The fourth-order valence-corrected chi connectivity index (χ4v) is 5.08. The predicted octanol–water partition coefficient (Wildman–Crippen LogP) is 4.10. The van der Waals surface area contributed by atoms with E-state index in [4.69, 9.17) is 4.98 Å². The van der Waals surface area contributed by atoms with Gasteiger partial charge in [-0.2, -0.15) is 0 Å². The summed E-state index contributed by atoms with van der Waals surface area (Å²) in [5, 5.41) is 4.82. The molecule has 0 atom stereocenters. The van der Waals surface area contributed by atoms with Gasteiger partial charge >= 0.3 is 0 Å². The van der Waals surface area contributed by atoms with E-state index < -0.39 is 0 Å². The molecule has 0 radical (unpaired) electrons. The van der Waals surface area contributed by atoms with Crippen molar-refractivity contribution in [2.75, 3.05) is 31.1 Å². The molecule has 0 bridgehead atoms. The van der Waals surface area contributed by atoms with Gasteiger partial charge in [0.15, 0.2) is 0 Å². The Morgan fingerprint density at radius 3 is 2.79 bits per heavy atom. The zero-order valence-electron chi connectivity index (χ0n) is 15.2. The lowest BCUT2D eigenvalue weighted by atomic mass is 10.3. The molecule has 1 aliphatic rings. The van der Waals surface area contributed by atoms with Gasteiger partial charge in [0.2, 0.25) is 5.95 Å². The SMILES string of the molecule is O=C(c1csc(-c2cccs2)n1)N1CCCN(c2nc3ccccc3[nH]2)CC1. The zero-order chi connectivity index (χ0) is 18.9. The summed E-state index contributed by atoms with van der Waals surface area (Å²) in [7, 11) is 0. The van der Waals surface area contributed by atoms with Crippen molar-refractivity contribution in [3.63, 3.8) is 0 Å². The van der Waals surface area contributed by atoms with E-state index in [1.165, 1.54) is 11.3 Å². The van der Waals surface area contributed by atoms with Crippen molar-refractivity contribution in [2.45, 2.75) is 6.42 Å². The molecule has 0 spiro atoms. The first-order valence-corrected chi connectivity index (χ1v) is 11.0. The van der Waals surface area contributed by atoms with Crippen LogP contribution in [0.25, 0.3) is 20.9 Å². The summed E-state index contributed by atoms with van der Waals surface area (Å²) >= 11 is 3.18. The van der Waals surface area contributed by atoms with Gasteiger partial charge in [0.25, 0.3) is 5.91 Å². The molecule has 28 heavy (non-hydrogen) atoms. The van der Waals surface area contributed by atoms with E-state index >= 15 is 0 Å². The standard InChI is InChI=1S/C20H19N5OS2/c26-19(16-13-28-18(21-16)17-7-3-12-27-17)24-8-4-9-25(11-10-24)20-22-14-5-1-2-6-15(14)23-20/h1-3,5-7,12-13H,4,8-11H2,(H,22,23). The molecule has 1 aliphatic heterocycles. The summed E-state index contributed by atoms with van der Waals surface area (Å²) in [5.74, 6) is 0.898. The van der Waals surface area contributed by atoms with Crippen LogP contribution in [0.15, 0.2) is 47.2 Å². The minimum Gasteiger partial charge on any atom is -0.341 e. The second kappa shape index (κ2) is 7.37. The number of thiophene rings is 1. The summed E-state index contributed by atoms with van der Waals surface area (Å²) in [5.41, 5.74) is 2.56. The Balaban J connectivity index is 1.29. The number of H-pyrrole nitrogens is 1. The number of nitrogens with one attached hydrogen (secondary N) is 1. The van der Waals surface area contributed by atoms with Crippen LogP contribution < -0.4 is 4.90 Å². The number of hydrogen-bond acceptors (Lipinski definition) is 6. The molecule has 6 nitrogen and oxygen atoms in total. The average molecular weight is 410 g/mol. The number of hydrogen-bond donors (Lipinski definition) is 1. The molecule has 0 unspecified atom stereocenters. The topological polar surface area (TPSA) is 65.1 Å². The molecule has 1 amide bonds. The molecule has 0 aliphatic carbocycles. The largest absolute Gasteiger partial charge is 0.341 e. The molecule has 142 valence electrons. The monoisotopic (exact) mass is 409 g/mol. The van der Waals surface area contributed by atoms with Crippen LogP contribution in [-0.2, 0) is 0 Å². The Bertz CT molecular complexity index is 1070. The highest BCUT2D eigenvalue weighted by Gasteiger charge is 2.23. The van der Waals surface area contributed by atoms with Gasteiger partial charge in [-0.1, -0.05) is 18.2 Å². The van der Waals surface area contributed by atoms with Crippen LogP contribution in [0.3, 0.4) is 0 Å². The number of imidazole rings is 1. The van der Waals surface area contributed by atoms with Gasteiger partial charge in [0, 0.05) is 31.6 Å². The van der Waals surface area contributed by atoms with Crippen LogP contribution in [-0.4, -0.2) is 51.9 Å². The third kappa shape index (κ3) is 3.29. The second-order valence-corrected chi connectivity index (χ2v) is 8.53. The number of rotatable bonds is 3. The van der Waals surface area contributed by atoms with Crippen LogP contribution in [0.1, 0.15) is 16.9 Å². The quantitative estimate of drug-likeness (QED) is 0.553. The molecule has 1 aromatic carbocycles. The molecule has 4 heterocycles. The molecule has 5 rings (SSSR count). The fourth-order valence-electron chi connectivity index (χ4n) is 3.47. The van der Waals surface area contributed by atoms with E-state index in [9.17, 15) is 4.79 Å². The van der Waals surface area contributed by atoms with E-state index in [0.29, 0.717) is 12.2 Å². The molecule has 1 N–H and O–H groups in total. The highest BCUT2D eigenvalue weighted by Crippen LogP contribution is 2.28. The molecular formula is C20H19N5OS2. The van der Waals surface area contributed by atoms with E-state index in [1.807, 2.05) is 52.1 Å². The maximum atomic E-state index is 13.0. The number of nitrogens with zero attached hydrogens (tertiary/aromatic N) is 4. The molecule has 4 aromatic rings. The zero-order valence-corrected chi connectivity index (χ0v) is 16.8. The van der Waals surface area contributed by atoms with Crippen LogP contribution in [0.4, 0.5) is 5.95 Å². The van der Waals surface area contributed by atoms with Crippen molar-refractivity contribution >= 4 is 45.6 Å². The molecular weight excluding hydrogens is 390 g/mol. The third-order valence-electron chi connectivity index (χ3n) is 4.91. The Morgan fingerprint density at radius 1 is 1.00 bits per heavy atom. The number of carbonyl (C=O) groups excluding carboxylic acids is 1. The van der Waals surface area contributed by atoms with E-state index in [2.05, 4.69) is 14.9 Å². The van der Waals surface area contributed by atoms with E-state index in [1.54, 1.807) is 11.3 Å². The first-order valence-electron chi connectivity index (χ1n) is 9.26. The van der Waals surface area contributed by atoms with Crippen LogP contribution in [0.5, 0.6) is 0 Å². The Morgan fingerprint density at radius 2 is 1.93 bits per heavy atom. The Labute approximate surface area is 170 Å². The highest BCUT2D eigenvalue weighted by molar-refractivity contribution is 7.20. The number of aromatic amines is 1. The number of benzene rings is 1. The number of para-hydroxylation sites is 2. The summed E-state index contributed by atoms with van der Waals surface area (Å²) in [6.45, 7) is 3.04. The number of fused-ring (bicyclic) bond motifs is 1. The number of amides is 1. The van der Waals surface area contributed by atoms with Crippen molar-refractivity contribution < 1.29 is 4.79 Å². The normalized spacial score (nSPS) is 15.1. The van der Waals surface area contributed by atoms with Crippen molar-refractivity contribution in [1.82, 2.24) is 19.9 Å². The van der Waals surface area contributed by atoms with Crippen LogP contribution in [0, 0.1) is 0 Å². The van der Waals surface area contributed by atoms with Gasteiger partial charge in [-0.05, 0) is 30.0 Å². The van der Waals surface area contributed by atoms with Gasteiger partial charge in [-0.25, -0.2) is 9.97 Å². The summed E-state index contributed by atoms with van der Waals surface area (Å²) in [4.78, 5) is 30.9. The lowest BCUT2D eigenvalue weighted by Gasteiger charge is -2.21. The maximum Gasteiger partial charge on any atom is 0.273 e. The number of anilines is 1. The maximum absolute atomic E-state index is 13.0. The third-order valence-corrected chi connectivity index (χ3v) is 6.80. The Hall–Kier alpha value is -2.71. The summed E-state index contributed by atoms with van der Waals surface area (Å²) < 4.78 is 0. The van der Waals surface area contributed by atoms with Crippen LogP contribution >= 0.6 is 22.7 Å². The summed E-state index contributed by atoms with van der Waals surface area (Å²) in [6, 6.07) is 12.1. The molecule has 0 saturated carbocycles. The van der Waals surface area contributed by atoms with Gasteiger partial charge < -0.3 is 14.8 Å². The predicted molar refractivity (Wildman–Crippen MR) is 114 cm³/mol. The smallest absolute Gasteiger partial charge is 0.273 e. The minimum absolute atomic E-state index is 0.0190. The van der Waals surface area contributed by atoms with Crippen molar-refractivity contribution in [2.24, 2.45) is 0 Å². The minimum atomic E-state index is 0.0190. The van der Waals surface area contributed by atoms with Gasteiger partial charge in [-0.15, -0.1) is 22.7 Å². The summed E-state index contributed by atoms with van der Waals surface area (Å²) in [6.07, 6.45) is 0.907. The van der Waals surface area contributed by atoms with Gasteiger partial charge in [0.05, 0.1) is 15.9 Å². The second-order valence-electron chi connectivity index (χ2n) is 6.73. The lowest BCUT2D eigenvalue weighted by molar-refractivity contribution is 0.0762. The molecule has 3 aromatic heterocycles. The van der Waals surface area contributed by atoms with Crippen molar-refractivity contribution in [3.8, 4) is 9.88 Å². The molecule has 1 saturated heterocycles. The molecule has 1 fully saturated rings. The van der Waals surface area contributed by atoms with Gasteiger partial charge in [-0.3, -0.25) is 4.79 Å². The average Bonchev–Trinajstić information content (AvgIpc) is 3.44. The number of aromatic nitrogens is 3. The highest BCUT2D eigenvalue weighted by atomic mass is 32.1. The van der Waals surface area contributed by atoms with Crippen molar-refractivity contribution in [1.29, 1.82) is 0 Å². The first kappa shape index (κ1) is 17.4. The molecule has 8 heteroatoms. The number of carbonyl (C=O) groups is 1. The van der Waals surface area contributed by atoms with Gasteiger partial charge in [0.1, 0.15) is 10.7 Å². The lowest BCUT2D eigenvalue weighted by Crippen LogP contribution is -2.35. The van der Waals surface area contributed by atoms with Crippen molar-refractivity contribution in [3.05, 3.63) is 52.9 Å². The number of thiazole rings is 1. The van der Waals surface area contributed by atoms with Crippen LogP contribution in [0.2, 0.25) is 0 Å². The first-order chi connectivity index (χ1) is 13.8. The Kier molecular flexibility index (Phi) is 4.58. The fraction of sp³-hybridized carbons (Fsp3) is 0.250. The van der Waals surface area contributed by atoms with E-state index in [0.717, 1.165) is 52.9 Å².